The predicted molar refractivity (Wildman–Crippen MR) is 37.3 cm³/mol. The van der Waals surface area contributed by atoms with E-state index in [1.165, 1.54) is 0 Å². The van der Waals surface area contributed by atoms with E-state index >= 15 is 0 Å². The van der Waals surface area contributed by atoms with Crippen LogP contribution < -0.4 is 64.8 Å². The molecule has 0 aromatic rings. The van der Waals surface area contributed by atoms with E-state index in [0.29, 0.717) is 12.3 Å². The van der Waals surface area contributed by atoms with E-state index in [1.807, 2.05) is 13.8 Å². The Bertz CT molecular complexity index is 117. The third-order valence-corrected chi connectivity index (χ3v) is 1.04. The average molecular weight is 179 g/mol. The first-order valence-corrected chi connectivity index (χ1v) is 3.02. The van der Waals surface area contributed by atoms with E-state index in [0.717, 1.165) is 0 Å². The van der Waals surface area contributed by atoms with E-state index in [9.17, 15) is 4.79 Å². The Balaban J connectivity index is -0.0000000533. The number of aliphatic carboxylic acids is 1. The molecule has 0 heterocycles. The molecule has 3 nitrogen and oxygen atoms in total. The molecule has 0 aliphatic rings. The topological polar surface area (TPSA) is 63.3 Å². The van der Waals surface area contributed by atoms with Gasteiger partial charge in [0.2, 0.25) is 0 Å². The maximum Gasteiger partial charge on any atom is 1.00 e. The largest absolute Gasteiger partial charge is 1.00 e. The molecule has 0 unspecified atom stereocenters. The van der Waals surface area contributed by atoms with Crippen molar-refractivity contribution in [3.8, 4) is 0 Å². The summed E-state index contributed by atoms with van der Waals surface area (Å²) < 4.78 is 0. The summed E-state index contributed by atoms with van der Waals surface area (Å²) in [4.78, 5) is 10.1. The van der Waals surface area contributed by atoms with Gasteiger partial charge in [-0.05, 0) is 12.3 Å². The van der Waals surface area contributed by atoms with Crippen LogP contribution in [0.1, 0.15) is 23.1 Å². The van der Waals surface area contributed by atoms with Crippen LogP contribution in [0.3, 0.4) is 0 Å². The van der Waals surface area contributed by atoms with Crippen LogP contribution in [0.5, 0.6) is 0 Å². The molecular weight excluding hydrogens is 164 g/mol. The molecular formula is C6H15NNa2O2. The molecule has 0 fully saturated rings. The molecule has 0 saturated carbocycles. The fourth-order valence-electron chi connectivity index (χ4n) is 0.609. The second-order valence-corrected chi connectivity index (χ2v) is 2.57. The fraction of sp³-hybridized carbons (Fsp3) is 0.833. The van der Waals surface area contributed by atoms with E-state index in [2.05, 4.69) is 0 Å². The normalized spacial score (nSPS) is 11.3. The molecule has 0 rings (SSSR count). The summed E-state index contributed by atoms with van der Waals surface area (Å²) >= 11 is 0. The van der Waals surface area contributed by atoms with Gasteiger partial charge in [0.15, 0.2) is 0 Å². The van der Waals surface area contributed by atoms with Crippen LogP contribution in [0.15, 0.2) is 0 Å². The van der Waals surface area contributed by atoms with Crippen molar-refractivity contribution in [1.82, 2.24) is 0 Å². The van der Waals surface area contributed by atoms with Gasteiger partial charge in [-0.1, -0.05) is 13.8 Å². The minimum absolute atomic E-state index is 0. The number of hydrogen-bond acceptors (Lipinski definition) is 2. The standard InChI is InChI=1S/C6H13NO2.2Na.2H/c1-4(2)3-5(7)6(8)9;;;;/h4-5H,3,7H2,1-2H3,(H,8,9);;;;/q;2*+1;2*-1/t5-;;;;/m0..../s1. The van der Waals surface area contributed by atoms with Crippen molar-refractivity contribution < 1.29 is 71.9 Å². The smallest absolute Gasteiger partial charge is 1.00 e. The van der Waals surface area contributed by atoms with Crippen molar-refractivity contribution >= 4 is 5.97 Å². The van der Waals surface area contributed by atoms with Crippen LogP contribution in [0.2, 0.25) is 0 Å². The van der Waals surface area contributed by atoms with Gasteiger partial charge in [-0.15, -0.1) is 0 Å². The molecule has 0 saturated heterocycles. The molecule has 0 aromatic carbocycles. The first kappa shape index (κ1) is 18.3. The summed E-state index contributed by atoms with van der Waals surface area (Å²) in [6, 6.07) is -0.690. The summed E-state index contributed by atoms with van der Waals surface area (Å²) in [6.45, 7) is 3.89. The third-order valence-electron chi connectivity index (χ3n) is 1.04. The van der Waals surface area contributed by atoms with Crippen molar-refractivity contribution in [3.63, 3.8) is 0 Å². The van der Waals surface area contributed by atoms with Crippen molar-refractivity contribution in [3.05, 3.63) is 0 Å². The van der Waals surface area contributed by atoms with Crippen LogP contribution in [0, 0.1) is 5.92 Å². The monoisotopic (exact) mass is 179 g/mol. The number of rotatable bonds is 3. The number of carboxylic acid groups (broad SMARTS) is 1. The minimum Gasteiger partial charge on any atom is -1.00 e. The molecule has 0 radical (unpaired) electrons. The van der Waals surface area contributed by atoms with Crippen LogP contribution in [-0.2, 0) is 4.79 Å². The summed E-state index contributed by atoms with van der Waals surface area (Å²) in [7, 11) is 0. The molecule has 0 aliphatic heterocycles. The Hall–Kier alpha value is 1.43. The van der Waals surface area contributed by atoms with Crippen molar-refractivity contribution in [1.29, 1.82) is 0 Å². The van der Waals surface area contributed by atoms with Gasteiger partial charge in [0.05, 0.1) is 0 Å². The molecule has 1 atom stereocenters. The van der Waals surface area contributed by atoms with Crippen LogP contribution in [0.4, 0.5) is 0 Å². The van der Waals surface area contributed by atoms with E-state index < -0.39 is 12.0 Å². The van der Waals surface area contributed by atoms with E-state index in [4.69, 9.17) is 10.8 Å². The van der Waals surface area contributed by atoms with Gasteiger partial charge in [0.25, 0.3) is 0 Å². The SMILES string of the molecule is CC(C)C[C@H](N)C(=O)O.[H-].[H-].[Na+].[Na+]. The number of hydrogen-bond donors (Lipinski definition) is 2. The van der Waals surface area contributed by atoms with Crippen molar-refractivity contribution in [2.45, 2.75) is 26.3 Å². The quantitative estimate of drug-likeness (QED) is 0.425. The van der Waals surface area contributed by atoms with Gasteiger partial charge in [-0.2, -0.15) is 0 Å². The summed E-state index contributed by atoms with van der Waals surface area (Å²) in [6.07, 6.45) is 0.551. The van der Waals surface area contributed by atoms with E-state index in [-0.39, 0.29) is 62.0 Å². The van der Waals surface area contributed by atoms with E-state index in [1.54, 1.807) is 0 Å². The fourth-order valence-corrected chi connectivity index (χ4v) is 0.609. The van der Waals surface area contributed by atoms with Gasteiger partial charge in [0, 0.05) is 0 Å². The molecule has 58 valence electrons. The zero-order valence-electron chi connectivity index (χ0n) is 9.79. The first-order chi connectivity index (χ1) is 4.04. The number of nitrogens with two attached hydrogens (primary N) is 1. The minimum atomic E-state index is -0.913. The van der Waals surface area contributed by atoms with Gasteiger partial charge >= 0.3 is 65.1 Å². The zero-order chi connectivity index (χ0) is 7.44. The molecule has 5 heteroatoms. The summed E-state index contributed by atoms with van der Waals surface area (Å²) in [5.74, 6) is -0.556. The maximum atomic E-state index is 10.1. The first-order valence-electron chi connectivity index (χ1n) is 3.02. The Morgan fingerprint density at radius 2 is 1.91 bits per heavy atom. The number of carbonyl (C=O) groups is 1. The summed E-state index contributed by atoms with van der Waals surface area (Å²) in [5.41, 5.74) is 5.22. The Morgan fingerprint density at radius 1 is 1.55 bits per heavy atom. The molecule has 0 amide bonds. The second-order valence-electron chi connectivity index (χ2n) is 2.57. The Labute approximate surface area is 115 Å². The average Bonchev–Trinajstić information content (AvgIpc) is 1.63. The number of carboxylic acids is 1. The zero-order valence-corrected chi connectivity index (χ0v) is 11.8. The summed E-state index contributed by atoms with van der Waals surface area (Å²) in [5, 5.41) is 8.31. The van der Waals surface area contributed by atoms with Crippen molar-refractivity contribution in [2.24, 2.45) is 11.7 Å². The molecule has 11 heavy (non-hydrogen) atoms. The molecule has 0 spiro atoms. The third kappa shape index (κ3) is 11.4. The van der Waals surface area contributed by atoms with Gasteiger partial charge in [0.1, 0.15) is 6.04 Å². The second kappa shape index (κ2) is 9.52. The van der Waals surface area contributed by atoms with Crippen LogP contribution in [0.25, 0.3) is 0 Å². The van der Waals surface area contributed by atoms with Gasteiger partial charge in [-0.25, -0.2) is 0 Å². The van der Waals surface area contributed by atoms with Crippen molar-refractivity contribution in [2.75, 3.05) is 0 Å². The van der Waals surface area contributed by atoms with Crippen LogP contribution >= 0.6 is 0 Å². The molecule has 0 bridgehead atoms. The maximum absolute atomic E-state index is 10.1. The van der Waals surface area contributed by atoms with Crippen LogP contribution in [-0.4, -0.2) is 17.1 Å². The molecule has 0 aromatic heterocycles. The molecule has 3 N–H and O–H groups in total. The Kier molecular flexibility index (Phi) is 15.8. The van der Waals surface area contributed by atoms with Gasteiger partial charge in [-0.3, -0.25) is 4.79 Å². The Morgan fingerprint density at radius 3 is 2.00 bits per heavy atom. The predicted octanol–water partition coefficient (Wildman–Crippen LogP) is -5.32. The molecule has 0 aliphatic carbocycles. The van der Waals surface area contributed by atoms with Gasteiger partial charge < -0.3 is 13.7 Å².